The maximum atomic E-state index is 12.2. The van der Waals surface area contributed by atoms with Gasteiger partial charge in [0, 0.05) is 5.38 Å². The number of aromatic nitrogens is 1. The van der Waals surface area contributed by atoms with Crippen LogP contribution in [-0.2, 0) is 19.0 Å². The molecule has 0 saturated carbocycles. The van der Waals surface area contributed by atoms with Gasteiger partial charge >= 0.3 is 7.75 Å². The number of hydrogen-bond acceptors (Lipinski definition) is 8. The molecule has 23 heavy (non-hydrogen) atoms. The van der Waals surface area contributed by atoms with E-state index in [-0.39, 0.29) is 16.5 Å². The SMILES string of the molecule is CO/N=C(\C(=O)N[C@@H]1C(=O)N(P(=O)(O)O)[C@H]1C)c1csc(N)n1. The van der Waals surface area contributed by atoms with Crippen molar-refractivity contribution >= 4 is 41.7 Å². The number of nitrogens with one attached hydrogen (secondary N) is 1. The van der Waals surface area contributed by atoms with Gasteiger partial charge in [-0.1, -0.05) is 5.16 Å². The largest absolute Gasteiger partial charge is 0.432 e. The van der Waals surface area contributed by atoms with Crippen molar-refractivity contribution in [1.82, 2.24) is 15.0 Å². The molecule has 1 fully saturated rings. The highest BCUT2D eigenvalue weighted by Crippen LogP contribution is 2.47. The number of rotatable bonds is 5. The van der Waals surface area contributed by atoms with E-state index in [2.05, 4.69) is 20.3 Å². The lowest BCUT2D eigenvalue weighted by Gasteiger charge is -2.44. The molecule has 2 rings (SSSR count). The molecule has 11 nitrogen and oxygen atoms in total. The highest BCUT2D eigenvalue weighted by atomic mass is 32.1. The molecule has 13 heteroatoms. The summed E-state index contributed by atoms with van der Waals surface area (Å²) in [7, 11) is -3.47. The van der Waals surface area contributed by atoms with Crippen molar-refractivity contribution in [3.63, 3.8) is 0 Å². The summed E-state index contributed by atoms with van der Waals surface area (Å²) in [5.41, 5.74) is 5.46. The second-order valence-corrected chi connectivity index (χ2v) is 6.93. The summed E-state index contributed by atoms with van der Waals surface area (Å²) in [6.45, 7) is 1.40. The number of nitrogens with two attached hydrogens (primary N) is 1. The normalized spacial score (nSPS) is 21.8. The van der Waals surface area contributed by atoms with Gasteiger partial charge in [-0.3, -0.25) is 9.59 Å². The minimum atomic E-state index is -4.70. The lowest BCUT2D eigenvalue weighted by atomic mass is 10.0. The molecule has 1 aliphatic heterocycles. The fraction of sp³-hybridized carbons (Fsp3) is 0.400. The Morgan fingerprint density at radius 2 is 2.26 bits per heavy atom. The molecule has 0 bridgehead atoms. The zero-order valence-corrected chi connectivity index (χ0v) is 13.7. The first-order valence-corrected chi connectivity index (χ1v) is 8.63. The Bertz CT molecular complexity index is 714. The van der Waals surface area contributed by atoms with E-state index in [9.17, 15) is 14.2 Å². The second-order valence-electron chi connectivity index (χ2n) is 4.58. The number of oxime groups is 1. The predicted molar refractivity (Wildman–Crippen MR) is 80.4 cm³/mol. The monoisotopic (exact) mass is 363 g/mol. The van der Waals surface area contributed by atoms with Crippen LogP contribution in [0.3, 0.4) is 0 Å². The lowest BCUT2D eigenvalue weighted by molar-refractivity contribution is -0.145. The summed E-state index contributed by atoms with van der Waals surface area (Å²) in [4.78, 5) is 50.6. The summed E-state index contributed by atoms with van der Waals surface area (Å²) in [6.07, 6.45) is 0. The van der Waals surface area contributed by atoms with Crippen LogP contribution in [0.2, 0.25) is 0 Å². The topological polar surface area (TPSA) is 167 Å². The maximum Gasteiger partial charge on any atom is 0.432 e. The van der Waals surface area contributed by atoms with Crippen LogP contribution < -0.4 is 11.1 Å². The van der Waals surface area contributed by atoms with Gasteiger partial charge in [0.15, 0.2) is 10.8 Å². The first kappa shape index (κ1) is 17.3. The molecule has 1 aromatic rings. The van der Waals surface area contributed by atoms with Crippen LogP contribution >= 0.6 is 19.1 Å². The molecule has 0 aliphatic carbocycles. The highest BCUT2D eigenvalue weighted by molar-refractivity contribution is 7.50. The van der Waals surface area contributed by atoms with Crippen molar-refractivity contribution in [3.05, 3.63) is 11.1 Å². The number of hydrogen-bond donors (Lipinski definition) is 4. The molecular weight excluding hydrogens is 349 g/mol. The Hall–Kier alpha value is -2.01. The van der Waals surface area contributed by atoms with Gasteiger partial charge in [0.25, 0.3) is 11.8 Å². The summed E-state index contributed by atoms with van der Waals surface area (Å²) < 4.78 is 11.6. The number of nitrogens with zero attached hydrogens (tertiary/aromatic N) is 3. The number of carbonyl (C=O) groups excluding carboxylic acids is 2. The van der Waals surface area contributed by atoms with Crippen LogP contribution in [-0.4, -0.2) is 56.2 Å². The van der Waals surface area contributed by atoms with Crippen molar-refractivity contribution in [2.75, 3.05) is 12.8 Å². The van der Waals surface area contributed by atoms with E-state index >= 15 is 0 Å². The fourth-order valence-corrected chi connectivity index (χ4v) is 3.60. The van der Waals surface area contributed by atoms with Gasteiger partial charge in [0.1, 0.15) is 18.8 Å². The molecule has 126 valence electrons. The molecule has 1 aromatic heterocycles. The van der Waals surface area contributed by atoms with Crippen molar-refractivity contribution in [1.29, 1.82) is 0 Å². The van der Waals surface area contributed by atoms with Crippen molar-refractivity contribution < 1.29 is 28.8 Å². The number of nitrogen functional groups attached to an aromatic ring is 1. The summed E-state index contributed by atoms with van der Waals surface area (Å²) in [5, 5.41) is 7.61. The molecule has 2 amide bonds. The predicted octanol–water partition coefficient (Wildman–Crippen LogP) is -1.12. The molecule has 1 saturated heterocycles. The highest BCUT2D eigenvalue weighted by Gasteiger charge is 2.53. The van der Waals surface area contributed by atoms with Crippen molar-refractivity contribution in [2.24, 2.45) is 5.16 Å². The number of thiazole rings is 1. The Morgan fingerprint density at radius 1 is 1.61 bits per heavy atom. The van der Waals surface area contributed by atoms with Crippen LogP contribution in [0.5, 0.6) is 0 Å². The van der Waals surface area contributed by atoms with E-state index in [0.29, 0.717) is 4.67 Å². The van der Waals surface area contributed by atoms with Crippen LogP contribution in [0.4, 0.5) is 5.13 Å². The fourth-order valence-electron chi connectivity index (χ4n) is 2.06. The molecule has 5 N–H and O–H groups in total. The van der Waals surface area contributed by atoms with E-state index in [0.717, 1.165) is 11.3 Å². The minimum absolute atomic E-state index is 0.165. The number of anilines is 1. The van der Waals surface area contributed by atoms with E-state index in [4.69, 9.17) is 15.5 Å². The third-order valence-corrected chi connectivity index (χ3v) is 4.89. The molecule has 0 spiro atoms. The van der Waals surface area contributed by atoms with Gasteiger partial charge < -0.3 is 25.7 Å². The van der Waals surface area contributed by atoms with E-state index in [1.807, 2.05) is 0 Å². The first-order valence-electron chi connectivity index (χ1n) is 6.19. The molecular formula is C10H14N5O6PS. The standard InChI is InChI=1S/C10H14N5O6PS/c1-4-6(9(17)15(4)22(18,19)20)13-8(16)7(14-21-2)5-3-23-10(11)12-5/h3-4,6H,1-2H3,(H2,11,12)(H,13,16)(H2,18,19,20)/b14-7-/t4-,6-/m0/s1. The molecule has 0 unspecified atom stereocenters. The number of amides is 2. The van der Waals surface area contributed by atoms with E-state index < -0.39 is 31.6 Å². The number of carbonyl (C=O) groups is 2. The Kier molecular flexibility index (Phi) is 4.71. The van der Waals surface area contributed by atoms with Crippen LogP contribution in [0.25, 0.3) is 0 Å². The maximum absolute atomic E-state index is 12.2. The van der Waals surface area contributed by atoms with E-state index in [1.165, 1.54) is 19.4 Å². The smallest absolute Gasteiger partial charge is 0.398 e. The van der Waals surface area contributed by atoms with Crippen LogP contribution in [0.1, 0.15) is 12.6 Å². The molecule has 2 atom stereocenters. The average Bonchev–Trinajstić information content (AvgIpc) is 2.86. The third kappa shape index (κ3) is 3.34. The minimum Gasteiger partial charge on any atom is -0.398 e. The Balaban J connectivity index is 2.14. The average molecular weight is 363 g/mol. The first-order chi connectivity index (χ1) is 10.7. The second kappa shape index (κ2) is 6.24. The van der Waals surface area contributed by atoms with Crippen LogP contribution in [0.15, 0.2) is 10.5 Å². The molecule has 0 aromatic carbocycles. The van der Waals surface area contributed by atoms with Crippen molar-refractivity contribution in [3.8, 4) is 0 Å². The van der Waals surface area contributed by atoms with Crippen molar-refractivity contribution in [2.45, 2.75) is 19.0 Å². The number of β-lactam (4-membered cyclic amide) rings is 1. The van der Waals surface area contributed by atoms with Gasteiger partial charge in [-0.05, 0) is 6.92 Å². The quantitative estimate of drug-likeness (QED) is 0.221. The summed E-state index contributed by atoms with van der Waals surface area (Å²) in [6, 6.07) is -1.94. The summed E-state index contributed by atoms with van der Waals surface area (Å²) >= 11 is 1.09. The lowest BCUT2D eigenvalue weighted by Crippen LogP contribution is -2.68. The molecule has 1 aliphatic rings. The zero-order valence-electron chi connectivity index (χ0n) is 12.0. The molecule has 0 radical (unpaired) electrons. The van der Waals surface area contributed by atoms with Crippen LogP contribution in [0, 0.1) is 0 Å². The van der Waals surface area contributed by atoms with E-state index in [1.54, 1.807) is 0 Å². The van der Waals surface area contributed by atoms with Gasteiger partial charge in [-0.15, -0.1) is 11.3 Å². The van der Waals surface area contributed by atoms with Gasteiger partial charge in [-0.2, -0.15) is 0 Å². The zero-order chi connectivity index (χ0) is 17.4. The van der Waals surface area contributed by atoms with Gasteiger partial charge in [-0.25, -0.2) is 14.2 Å². The molecule has 2 heterocycles. The Morgan fingerprint density at radius 3 is 2.70 bits per heavy atom. The summed E-state index contributed by atoms with van der Waals surface area (Å²) in [5.74, 6) is -1.65. The van der Waals surface area contributed by atoms with Gasteiger partial charge in [0.2, 0.25) is 0 Å². The van der Waals surface area contributed by atoms with Gasteiger partial charge in [0.05, 0.1) is 6.04 Å². The third-order valence-electron chi connectivity index (χ3n) is 3.09. The Labute approximate surface area is 134 Å².